The third-order valence-corrected chi connectivity index (χ3v) is 3.62. The van der Waals surface area contributed by atoms with Gasteiger partial charge in [-0.05, 0) is 26.8 Å². The third kappa shape index (κ3) is 4.56. The zero-order valence-electron chi connectivity index (χ0n) is 12.6. The van der Waals surface area contributed by atoms with E-state index in [0.29, 0.717) is 17.5 Å². The molecule has 112 valence electrons. The third-order valence-electron chi connectivity index (χ3n) is 2.79. The largest absolute Gasteiger partial charge is 0.361 e. The van der Waals surface area contributed by atoms with Gasteiger partial charge in [0, 0.05) is 24.5 Å². The lowest BCUT2D eigenvalue weighted by Crippen LogP contribution is -2.28. The van der Waals surface area contributed by atoms with Gasteiger partial charge in [-0.3, -0.25) is 4.79 Å². The number of thioether (sulfide) groups is 1. The molecular formula is C14H18N4O2S. The molecule has 0 spiro atoms. The van der Waals surface area contributed by atoms with Crippen LogP contribution in [0.15, 0.2) is 21.8 Å². The van der Waals surface area contributed by atoms with E-state index in [1.165, 1.54) is 11.8 Å². The van der Waals surface area contributed by atoms with Crippen LogP contribution >= 0.6 is 11.8 Å². The van der Waals surface area contributed by atoms with E-state index in [0.717, 1.165) is 22.8 Å². The fraction of sp³-hybridized carbons (Fsp3) is 0.429. The molecule has 21 heavy (non-hydrogen) atoms. The first-order chi connectivity index (χ1) is 9.94. The van der Waals surface area contributed by atoms with Crippen molar-refractivity contribution in [3.8, 4) is 0 Å². The van der Waals surface area contributed by atoms with Crippen LogP contribution in [0.3, 0.4) is 0 Å². The summed E-state index contributed by atoms with van der Waals surface area (Å²) in [6.45, 7) is 6.09. The van der Waals surface area contributed by atoms with Gasteiger partial charge in [0.15, 0.2) is 5.16 Å². The predicted molar refractivity (Wildman–Crippen MR) is 79.9 cm³/mol. The molecule has 0 aliphatic heterocycles. The molecule has 0 aromatic carbocycles. The predicted octanol–water partition coefficient (Wildman–Crippen LogP) is 2.14. The molecule has 0 unspecified atom stereocenters. The second kappa shape index (κ2) is 6.71. The fourth-order valence-electron chi connectivity index (χ4n) is 1.82. The molecular weight excluding hydrogens is 288 g/mol. The Labute approximate surface area is 127 Å². The van der Waals surface area contributed by atoms with Crippen LogP contribution in [-0.4, -0.2) is 38.7 Å². The summed E-state index contributed by atoms with van der Waals surface area (Å²) < 4.78 is 4.99. The monoisotopic (exact) mass is 306 g/mol. The van der Waals surface area contributed by atoms with E-state index >= 15 is 0 Å². The number of carbonyl (C=O) groups is 1. The molecule has 0 atom stereocenters. The second-order valence-electron chi connectivity index (χ2n) is 4.90. The summed E-state index contributed by atoms with van der Waals surface area (Å²) in [5.41, 5.74) is 2.56. The van der Waals surface area contributed by atoms with Crippen molar-refractivity contribution in [2.24, 2.45) is 0 Å². The van der Waals surface area contributed by atoms with Crippen molar-refractivity contribution in [1.82, 2.24) is 20.0 Å². The Bertz CT molecular complexity index is 621. The summed E-state index contributed by atoms with van der Waals surface area (Å²) in [5.74, 6) is 1.04. The van der Waals surface area contributed by atoms with Gasteiger partial charge in [0.2, 0.25) is 5.91 Å². The Morgan fingerprint density at radius 1 is 1.24 bits per heavy atom. The molecule has 0 radical (unpaired) electrons. The fourth-order valence-corrected chi connectivity index (χ4v) is 2.71. The first-order valence-corrected chi connectivity index (χ1v) is 7.54. The highest BCUT2D eigenvalue weighted by Gasteiger charge is 2.13. The van der Waals surface area contributed by atoms with Gasteiger partial charge in [-0.15, -0.1) is 0 Å². The van der Waals surface area contributed by atoms with E-state index in [1.54, 1.807) is 11.9 Å². The molecule has 0 N–H and O–H groups in total. The average molecular weight is 306 g/mol. The Morgan fingerprint density at radius 3 is 2.48 bits per heavy atom. The van der Waals surface area contributed by atoms with Crippen LogP contribution in [0.1, 0.15) is 22.8 Å². The number of carbonyl (C=O) groups excluding carboxylic acids is 1. The Balaban J connectivity index is 1.88. The average Bonchev–Trinajstić information content (AvgIpc) is 2.80. The van der Waals surface area contributed by atoms with Gasteiger partial charge in [-0.1, -0.05) is 16.9 Å². The zero-order valence-corrected chi connectivity index (χ0v) is 13.4. The van der Waals surface area contributed by atoms with Crippen molar-refractivity contribution >= 4 is 17.7 Å². The minimum atomic E-state index is 0.00316. The lowest BCUT2D eigenvalue weighted by Gasteiger charge is -2.14. The van der Waals surface area contributed by atoms with E-state index in [2.05, 4.69) is 15.1 Å². The van der Waals surface area contributed by atoms with Crippen molar-refractivity contribution in [2.75, 3.05) is 12.8 Å². The Hall–Kier alpha value is -1.89. The van der Waals surface area contributed by atoms with E-state index in [9.17, 15) is 4.79 Å². The van der Waals surface area contributed by atoms with Gasteiger partial charge in [0.1, 0.15) is 11.5 Å². The lowest BCUT2D eigenvalue weighted by molar-refractivity contribution is -0.127. The molecule has 0 aliphatic rings. The number of aromatic nitrogens is 3. The van der Waals surface area contributed by atoms with Crippen molar-refractivity contribution in [2.45, 2.75) is 32.5 Å². The first kappa shape index (κ1) is 15.5. The van der Waals surface area contributed by atoms with E-state index in [4.69, 9.17) is 4.52 Å². The van der Waals surface area contributed by atoms with Crippen LogP contribution in [0.25, 0.3) is 0 Å². The molecule has 2 heterocycles. The van der Waals surface area contributed by atoms with Crippen molar-refractivity contribution in [1.29, 1.82) is 0 Å². The maximum absolute atomic E-state index is 12.1. The van der Waals surface area contributed by atoms with Gasteiger partial charge >= 0.3 is 0 Å². The van der Waals surface area contributed by atoms with E-state index in [1.807, 2.05) is 32.9 Å². The van der Waals surface area contributed by atoms with Crippen LogP contribution in [0, 0.1) is 20.8 Å². The molecule has 2 aromatic rings. The summed E-state index contributed by atoms with van der Waals surface area (Å²) in [6, 6.07) is 3.73. The summed E-state index contributed by atoms with van der Waals surface area (Å²) >= 11 is 1.34. The summed E-state index contributed by atoms with van der Waals surface area (Å²) in [6.07, 6.45) is 0. The number of amides is 1. The molecule has 2 rings (SSSR count). The normalized spacial score (nSPS) is 10.7. The molecule has 0 saturated carbocycles. The SMILES string of the molecule is Cc1cc(C)nc(SCC(=O)N(C)Cc2cc(C)on2)n1. The van der Waals surface area contributed by atoms with E-state index < -0.39 is 0 Å². The molecule has 1 amide bonds. The smallest absolute Gasteiger partial charge is 0.233 e. The summed E-state index contributed by atoms with van der Waals surface area (Å²) in [5, 5.41) is 4.51. The minimum Gasteiger partial charge on any atom is -0.361 e. The quantitative estimate of drug-likeness (QED) is 0.622. The highest BCUT2D eigenvalue weighted by atomic mass is 32.2. The van der Waals surface area contributed by atoms with Crippen LogP contribution in [0.4, 0.5) is 0 Å². The second-order valence-corrected chi connectivity index (χ2v) is 5.84. The maximum atomic E-state index is 12.1. The lowest BCUT2D eigenvalue weighted by atomic mass is 10.3. The highest BCUT2D eigenvalue weighted by molar-refractivity contribution is 7.99. The summed E-state index contributed by atoms with van der Waals surface area (Å²) in [7, 11) is 1.75. The maximum Gasteiger partial charge on any atom is 0.233 e. The molecule has 0 saturated heterocycles. The molecule has 0 bridgehead atoms. The number of hydrogen-bond donors (Lipinski definition) is 0. The van der Waals surface area contributed by atoms with Gasteiger partial charge in [0.05, 0.1) is 12.3 Å². The highest BCUT2D eigenvalue weighted by Crippen LogP contribution is 2.15. The van der Waals surface area contributed by atoms with Gasteiger partial charge in [-0.25, -0.2) is 9.97 Å². The number of rotatable bonds is 5. The number of aryl methyl sites for hydroxylation is 3. The molecule has 2 aromatic heterocycles. The Kier molecular flexibility index (Phi) is 4.95. The minimum absolute atomic E-state index is 0.00316. The molecule has 0 fully saturated rings. The molecule has 7 heteroatoms. The zero-order chi connectivity index (χ0) is 15.4. The molecule has 0 aliphatic carbocycles. The Morgan fingerprint density at radius 2 is 1.90 bits per heavy atom. The van der Waals surface area contributed by atoms with Gasteiger partial charge < -0.3 is 9.42 Å². The topological polar surface area (TPSA) is 72.1 Å². The van der Waals surface area contributed by atoms with Crippen LogP contribution in [0.2, 0.25) is 0 Å². The number of nitrogens with zero attached hydrogens (tertiary/aromatic N) is 4. The number of hydrogen-bond acceptors (Lipinski definition) is 6. The first-order valence-electron chi connectivity index (χ1n) is 6.55. The van der Waals surface area contributed by atoms with Gasteiger partial charge in [0.25, 0.3) is 0 Å². The molecule has 6 nitrogen and oxygen atoms in total. The van der Waals surface area contributed by atoms with Crippen molar-refractivity contribution in [3.05, 3.63) is 35.0 Å². The summed E-state index contributed by atoms with van der Waals surface area (Å²) in [4.78, 5) is 22.3. The van der Waals surface area contributed by atoms with Crippen LogP contribution in [0.5, 0.6) is 0 Å². The van der Waals surface area contributed by atoms with E-state index in [-0.39, 0.29) is 5.91 Å². The van der Waals surface area contributed by atoms with Crippen LogP contribution in [-0.2, 0) is 11.3 Å². The van der Waals surface area contributed by atoms with Crippen LogP contribution < -0.4 is 0 Å². The van der Waals surface area contributed by atoms with Crippen molar-refractivity contribution < 1.29 is 9.32 Å². The van der Waals surface area contributed by atoms with Crippen molar-refractivity contribution in [3.63, 3.8) is 0 Å². The standard InChI is InChI=1S/C14H18N4O2S/c1-9-5-10(2)16-14(15-9)21-8-13(19)18(4)7-12-6-11(3)20-17-12/h5-6H,7-8H2,1-4H3. The van der Waals surface area contributed by atoms with Gasteiger partial charge in [-0.2, -0.15) is 0 Å².